The molecule has 0 aromatic heterocycles. The van der Waals surface area contributed by atoms with Crippen molar-refractivity contribution in [2.75, 3.05) is 64.8 Å². The molecule has 15 aromatic rings. The van der Waals surface area contributed by atoms with Crippen molar-refractivity contribution in [1.82, 2.24) is 0 Å². The fourth-order valence-electron chi connectivity index (χ4n) is 12.4. The second kappa shape index (κ2) is 30.7. The highest BCUT2D eigenvalue weighted by Crippen LogP contribution is 2.42. The zero-order valence-electron chi connectivity index (χ0n) is 56.4. The molecule has 15 aromatic carbocycles. The van der Waals surface area contributed by atoms with Crippen molar-refractivity contribution in [1.29, 1.82) is 0 Å². The van der Waals surface area contributed by atoms with Gasteiger partial charge in [0.05, 0.1) is 19.1 Å². The van der Waals surface area contributed by atoms with E-state index in [1.165, 1.54) is 44.5 Å². The molecule has 0 saturated carbocycles. The third-order valence-electron chi connectivity index (χ3n) is 17.9. The first kappa shape index (κ1) is 65.5. The number of ether oxygens (including phenoxy) is 2. The Morgan fingerprint density at radius 3 is 0.800 bits per heavy atom. The lowest BCUT2D eigenvalue weighted by atomic mass is 10.1. The van der Waals surface area contributed by atoms with Gasteiger partial charge in [-0.25, -0.2) is 0 Å². The predicted octanol–water partition coefficient (Wildman–Crippen LogP) is 24.2. The molecule has 0 atom stereocenters. The molecule has 0 aliphatic carbocycles. The summed E-state index contributed by atoms with van der Waals surface area (Å²) in [6.07, 6.45) is 0. The molecule has 0 aliphatic rings. The lowest BCUT2D eigenvalue weighted by Gasteiger charge is -2.27. The van der Waals surface area contributed by atoms with Gasteiger partial charge in [-0.2, -0.15) is 0 Å². The number of non-ortho nitro benzene ring substituents is 1. The zero-order valence-corrected chi connectivity index (χ0v) is 56.4. The first-order valence-corrected chi connectivity index (χ1v) is 33.1. The molecule has 15 rings (SSSR count). The smallest absolute Gasteiger partial charge is 0.269 e. The molecule has 0 radical (unpaired) electrons. The average molecular weight is 1310 g/mol. The van der Waals surface area contributed by atoms with E-state index in [9.17, 15) is 10.1 Å². The first-order valence-electron chi connectivity index (χ1n) is 33.1. The summed E-state index contributed by atoms with van der Waals surface area (Å²) in [6, 6.07) is 125. The fourth-order valence-corrected chi connectivity index (χ4v) is 12.4. The molecular formula is C89H75N7O4. The minimum atomic E-state index is -0.385. The SMILES string of the molecule is CN(c1ccc(N(c2ccccc2)c2ccc3ccccc3c2)cc1)c1ccc([N+](=O)[O-])cc1.COc1ccc(N(C)c2ccc(N(c3ccccc3)c3ccc4ccccc4c3)cc2)cc1.COc1cccc(N(C)c2ccc(N(c3ccccc3)c3ccc4ccccc4c3)cc2)c1. The summed E-state index contributed by atoms with van der Waals surface area (Å²) in [5.41, 5.74) is 16.3. The number of nitro groups is 1. The molecular weight excluding hydrogens is 1230 g/mol. The summed E-state index contributed by atoms with van der Waals surface area (Å²) in [5, 5.41) is 18.3. The fraction of sp³-hybridized carbons (Fsp3) is 0.0562. The van der Waals surface area contributed by atoms with Crippen LogP contribution in [0, 0.1) is 10.1 Å². The van der Waals surface area contributed by atoms with Crippen LogP contribution in [0.15, 0.2) is 364 Å². The summed E-state index contributed by atoms with van der Waals surface area (Å²) in [5.74, 6) is 1.71. The Hall–Kier alpha value is -13.1. The van der Waals surface area contributed by atoms with Crippen LogP contribution < -0.4 is 38.9 Å². The van der Waals surface area contributed by atoms with Gasteiger partial charge in [0.25, 0.3) is 5.69 Å². The molecule has 0 bridgehead atoms. The molecule has 0 aliphatic heterocycles. The second-order valence-electron chi connectivity index (χ2n) is 24.0. The van der Waals surface area contributed by atoms with Crippen LogP contribution in [0.3, 0.4) is 0 Å². The van der Waals surface area contributed by atoms with E-state index in [1.807, 2.05) is 66.5 Å². The normalized spacial score (nSPS) is 10.7. The van der Waals surface area contributed by atoms with Crippen molar-refractivity contribution in [3.63, 3.8) is 0 Å². The second-order valence-corrected chi connectivity index (χ2v) is 24.0. The van der Waals surface area contributed by atoms with Gasteiger partial charge in [0, 0.05) is 125 Å². The number of methoxy groups -OCH3 is 2. The maximum Gasteiger partial charge on any atom is 0.269 e. The summed E-state index contributed by atoms with van der Waals surface area (Å²) in [7, 11) is 9.48. The summed E-state index contributed by atoms with van der Waals surface area (Å²) in [4.78, 5) is 23.7. The van der Waals surface area contributed by atoms with Gasteiger partial charge in [-0.3, -0.25) is 10.1 Å². The van der Waals surface area contributed by atoms with E-state index >= 15 is 0 Å². The van der Waals surface area contributed by atoms with E-state index in [-0.39, 0.29) is 10.6 Å². The van der Waals surface area contributed by atoms with Crippen molar-refractivity contribution in [3.8, 4) is 11.5 Å². The van der Waals surface area contributed by atoms with Gasteiger partial charge in [-0.15, -0.1) is 0 Å². The van der Waals surface area contributed by atoms with Gasteiger partial charge in [0.1, 0.15) is 11.5 Å². The lowest BCUT2D eigenvalue weighted by molar-refractivity contribution is -0.384. The Kier molecular flexibility index (Phi) is 20.1. The Balaban J connectivity index is 0.000000134. The van der Waals surface area contributed by atoms with Crippen molar-refractivity contribution in [2.24, 2.45) is 0 Å². The highest BCUT2D eigenvalue weighted by Gasteiger charge is 2.19. The topological polar surface area (TPSA) is 81.0 Å². The summed E-state index contributed by atoms with van der Waals surface area (Å²) in [6.45, 7) is 0. The van der Waals surface area contributed by atoms with Crippen LogP contribution in [0.1, 0.15) is 0 Å². The Morgan fingerprint density at radius 2 is 0.480 bits per heavy atom. The van der Waals surface area contributed by atoms with E-state index in [4.69, 9.17) is 9.47 Å². The van der Waals surface area contributed by atoms with Crippen molar-refractivity contribution >= 4 is 123 Å². The van der Waals surface area contributed by atoms with E-state index < -0.39 is 0 Å². The highest BCUT2D eigenvalue weighted by molar-refractivity contribution is 5.92. The number of benzene rings is 15. The van der Waals surface area contributed by atoms with Crippen molar-refractivity contribution < 1.29 is 14.4 Å². The van der Waals surface area contributed by atoms with Crippen LogP contribution in [0.25, 0.3) is 32.3 Å². The number of para-hydroxylation sites is 3. The van der Waals surface area contributed by atoms with Crippen LogP contribution in [0.4, 0.5) is 91.0 Å². The summed E-state index contributed by atoms with van der Waals surface area (Å²) >= 11 is 0. The molecule has 100 heavy (non-hydrogen) atoms. The number of anilines is 15. The molecule has 0 fully saturated rings. The quantitative estimate of drug-likeness (QED) is 0.0612. The van der Waals surface area contributed by atoms with Crippen LogP contribution in [0.5, 0.6) is 11.5 Å². The molecule has 0 spiro atoms. The number of hydrogen-bond donors (Lipinski definition) is 0. The van der Waals surface area contributed by atoms with E-state index in [0.29, 0.717) is 0 Å². The minimum Gasteiger partial charge on any atom is -0.497 e. The van der Waals surface area contributed by atoms with Crippen LogP contribution in [-0.2, 0) is 0 Å². The van der Waals surface area contributed by atoms with Crippen molar-refractivity contribution in [2.45, 2.75) is 0 Å². The van der Waals surface area contributed by atoms with Gasteiger partial charge < -0.3 is 38.9 Å². The van der Waals surface area contributed by atoms with Crippen LogP contribution in [0.2, 0.25) is 0 Å². The van der Waals surface area contributed by atoms with Crippen molar-refractivity contribution in [3.05, 3.63) is 374 Å². The maximum absolute atomic E-state index is 10.9. The Bertz CT molecular complexity index is 5180. The van der Waals surface area contributed by atoms with Gasteiger partial charge in [0.15, 0.2) is 0 Å². The average Bonchev–Trinajstić information content (AvgIpc) is 0.812. The number of hydrogen-bond acceptors (Lipinski definition) is 10. The highest BCUT2D eigenvalue weighted by atomic mass is 16.6. The molecule has 0 N–H and O–H groups in total. The zero-order chi connectivity index (χ0) is 68.7. The standard InChI is InChI=1S/2C30H26N2O.C29H23N3O2/c1-31(28-13-8-14-30(22-28)33-2)25-17-19-27(20-18-25)32(26-11-4-3-5-12-26)29-16-15-23-9-6-7-10-24(23)21-29;1-31(26-18-20-30(33-2)21-19-26)25-14-16-28(17-15-25)32(27-10-4-3-5-11-27)29-13-12-23-8-6-7-9-24(23)22-29;1-30(25-15-19-28(20-16-25)32(33)34)24-13-17-27(18-14-24)31(26-9-3-2-4-10-26)29-12-11-22-7-5-6-8-23(22)21-29/h2*3-22H,1-2H3;2-21H,1H3. The molecule has 0 heterocycles. The third kappa shape index (κ3) is 15.1. The molecule has 0 saturated heterocycles. The first-order chi connectivity index (χ1) is 49.0. The van der Waals surface area contributed by atoms with E-state index in [0.717, 1.165) is 96.8 Å². The van der Waals surface area contributed by atoms with Gasteiger partial charge in [-0.05, 0) is 226 Å². The maximum atomic E-state index is 10.9. The predicted molar refractivity (Wildman–Crippen MR) is 419 cm³/mol. The number of rotatable bonds is 18. The lowest BCUT2D eigenvalue weighted by Crippen LogP contribution is -2.12. The molecule has 11 nitrogen and oxygen atoms in total. The number of fused-ring (bicyclic) bond motifs is 3. The van der Waals surface area contributed by atoms with Gasteiger partial charge >= 0.3 is 0 Å². The van der Waals surface area contributed by atoms with Crippen LogP contribution >= 0.6 is 0 Å². The van der Waals surface area contributed by atoms with E-state index in [1.54, 1.807) is 26.4 Å². The molecule has 11 heteroatoms. The Morgan fingerprint density at radius 1 is 0.230 bits per heavy atom. The molecule has 0 amide bonds. The van der Waals surface area contributed by atoms with Gasteiger partial charge in [-0.1, -0.05) is 152 Å². The van der Waals surface area contributed by atoms with Gasteiger partial charge in [0.2, 0.25) is 0 Å². The molecule has 490 valence electrons. The summed E-state index contributed by atoms with van der Waals surface area (Å²) < 4.78 is 10.7. The third-order valence-corrected chi connectivity index (χ3v) is 17.9. The Labute approximate surface area is 584 Å². The number of nitrogens with zero attached hydrogens (tertiary/aromatic N) is 7. The minimum absolute atomic E-state index is 0.0846. The number of nitro benzene ring substituents is 1. The molecule has 0 unspecified atom stereocenters. The van der Waals surface area contributed by atoms with E-state index in [2.05, 4.69) is 324 Å². The largest absolute Gasteiger partial charge is 0.497 e. The monoisotopic (exact) mass is 1310 g/mol. The van der Waals surface area contributed by atoms with Crippen LogP contribution in [-0.4, -0.2) is 40.3 Å².